The Morgan fingerprint density at radius 1 is 1.38 bits per heavy atom. The number of hydrogen-bond acceptors (Lipinski definition) is 4. The van der Waals surface area contributed by atoms with Crippen molar-refractivity contribution in [1.29, 1.82) is 0 Å². The third-order valence-electron chi connectivity index (χ3n) is 3.86. The molecule has 1 N–H and O–H groups in total. The lowest BCUT2D eigenvalue weighted by molar-refractivity contribution is -0.139. The summed E-state index contributed by atoms with van der Waals surface area (Å²) < 4.78 is 7.09. The first-order valence-electron chi connectivity index (χ1n) is 6.96. The van der Waals surface area contributed by atoms with Crippen LogP contribution in [0.25, 0.3) is 0 Å². The second-order valence-electron chi connectivity index (χ2n) is 5.18. The van der Waals surface area contributed by atoms with Gasteiger partial charge in [0.1, 0.15) is 23.3 Å². The van der Waals surface area contributed by atoms with Crippen molar-refractivity contribution in [1.82, 2.24) is 14.8 Å². The molecule has 6 nitrogen and oxygen atoms in total. The number of hydrogen-bond donors (Lipinski definition) is 1. The van der Waals surface area contributed by atoms with Crippen LogP contribution in [-0.2, 0) is 17.8 Å². The van der Waals surface area contributed by atoms with Gasteiger partial charge in [-0.1, -0.05) is 12.1 Å². The highest BCUT2D eigenvalue weighted by Crippen LogP contribution is 2.27. The molecule has 1 aromatic heterocycles. The molecule has 3 rings (SSSR count). The standard InChI is InChI=1S/C15H17N3O3/c1-21-11-6-4-10(5-7-11)9-13-16-17-14-12(15(19)20)3-2-8-18(13)14/h4-7,12H,2-3,8-9H2,1H3,(H,19,20). The average molecular weight is 287 g/mol. The second-order valence-corrected chi connectivity index (χ2v) is 5.18. The summed E-state index contributed by atoms with van der Waals surface area (Å²) >= 11 is 0. The summed E-state index contributed by atoms with van der Waals surface area (Å²) in [4.78, 5) is 11.3. The van der Waals surface area contributed by atoms with Gasteiger partial charge in [0.05, 0.1) is 7.11 Å². The molecule has 0 spiro atoms. The van der Waals surface area contributed by atoms with Gasteiger partial charge < -0.3 is 14.4 Å². The molecule has 0 fully saturated rings. The maximum absolute atomic E-state index is 11.3. The summed E-state index contributed by atoms with van der Waals surface area (Å²) in [5.41, 5.74) is 1.10. The van der Waals surface area contributed by atoms with E-state index in [9.17, 15) is 9.90 Å². The van der Waals surface area contributed by atoms with E-state index in [1.165, 1.54) is 0 Å². The summed E-state index contributed by atoms with van der Waals surface area (Å²) in [6.45, 7) is 0.789. The van der Waals surface area contributed by atoms with Crippen molar-refractivity contribution in [3.8, 4) is 5.75 Å². The summed E-state index contributed by atoms with van der Waals surface area (Å²) in [6, 6.07) is 7.78. The minimum Gasteiger partial charge on any atom is -0.497 e. The Balaban J connectivity index is 1.85. The number of carboxylic acid groups (broad SMARTS) is 1. The van der Waals surface area contributed by atoms with Crippen LogP contribution in [0.1, 0.15) is 36.0 Å². The highest BCUT2D eigenvalue weighted by molar-refractivity contribution is 5.75. The van der Waals surface area contributed by atoms with E-state index in [0.717, 1.165) is 30.1 Å². The molecular weight excluding hydrogens is 270 g/mol. The number of carbonyl (C=O) groups is 1. The van der Waals surface area contributed by atoms with Gasteiger partial charge in [0, 0.05) is 13.0 Å². The minimum atomic E-state index is -0.820. The summed E-state index contributed by atoms with van der Waals surface area (Å²) in [5.74, 6) is 0.863. The lowest BCUT2D eigenvalue weighted by atomic mass is 9.99. The SMILES string of the molecule is COc1ccc(Cc2nnc3n2CCCC3C(=O)O)cc1. The first kappa shape index (κ1) is 13.6. The van der Waals surface area contributed by atoms with Crippen LogP contribution in [0.2, 0.25) is 0 Å². The van der Waals surface area contributed by atoms with Crippen molar-refractivity contribution in [2.24, 2.45) is 0 Å². The number of rotatable bonds is 4. The molecule has 1 aliphatic rings. The topological polar surface area (TPSA) is 77.2 Å². The minimum absolute atomic E-state index is 0.532. The highest BCUT2D eigenvalue weighted by Gasteiger charge is 2.30. The number of aromatic nitrogens is 3. The number of aliphatic carboxylic acids is 1. The fourth-order valence-corrected chi connectivity index (χ4v) is 2.72. The Morgan fingerprint density at radius 3 is 2.81 bits per heavy atom. The third kappa shape index (κ3) is 2.61. The summed E-state index contributed by atoms with van der Waals surface area (Å²) in [7, 11) is 1.63. The van der Waals surface area contributed by atoms with Crippen LogP contribution in [0, 0.1) is 0 Å². The predicted octanol–water partition coefficient (Wildman–Crippen LogP) is 1.84. The van der Waals surface area contributed by atoms with Crippen LogP contribution in [0.5, 0.6) is 5.75 Å². The maximum atomic E-state index is 11.3. The molecule has 0 saturated heterocycles. The normalized spacial score (nSPS) is 17.3. The Bertz CT molecular complexity index is 649. The van der Waals surface area contributed by atoms with E-state index in [0.29, 0.717) is 18.7 Å². The summed E-state index contributed by atoms with van der Waals surface area (Å²) in [5, 5.41) is 17.5. The van der Waals surface area contributed by atoms with Gasteiger partial charge in [-0.25, -0.2) is 0 Å². The molecule has 1 atom stereocenters. The number of benzene rings is 1. The number of methoxy groups -OCH3 is 1. The zero-order valence-corrected chi connectivity index (χ0v) is 11.8. The second kappa shape index (κ2) is 5.55. The maximum Gasteiger partial charge on any atom is 0.314 e. The molecule has 2 heterocycles. The smallest absolute Gasteiger partial charge is 0.314 e. The first-order valence-corrected chi connectivity index (χ1v) is 6.96. The van der Waals surface area contributed by atoms with E-state index in [-0.39, 0.29) is 0 Å². The Kier molecular flexibility index (Phi) is 3.60. The van der Waals surface area contributed by atoms with Crippen LogP contribution < -0.4 is 4.74 Å². The molecule has 2 aromatic rings. The van der Waals surface area contributed by atoms with Gasteiger partial charge >= 0.3 is 5.97 Å². The highest BCUT2D eigenvalue weighted by atomic mass is 16.5. The van der Waals surface area contributed by atoms with E-state index in [2.05, 4.69) is 10.2 Å². The average Bonchev–Trinajstić information content (AvgIpc) is 2.91. The lowest BCUT2D eigenvalue weighted by Gasteiger charge is -2.20. The van der Waals surface area contributed by atoms with Crippen molar-refractivity contribution in [2.45, 2.75) is 31.7 Å². The molecule has 6 heteroatoms. The van der Waals surface area contributed by atoms with Crippen LogP contribution >= 0.6 is 0 Å². The van der Waals surface area contributed by atoms with Crippen molar-refractivity contribution in [3.05, 3.63) is 41.5 Å². The van der Waals surface area contributed by atoms with Crippen molar-refractivity contribution >= 4 is 5.97 Å². The molecule has 0 amide bonds. The van der Waals surface area contributed by atoms with Crippen molar-refractivity contribution in [3.63, 3.8) is 0 Å². The molecular formula is C15H17N3O3. The van der Waals surface area contributed by atoms with Crippen molar-refractivity contribution < 1.29 is 14.6 Å². The first-order chi connectivity index (χ1) is 10.2. The largest absolute Gasteiger partial charge is 0.497 e. The number of fused-ring (bicyclic) bond motifs is 1. The van der Waals surface area contributed by atoms with Crippen LogP contribution in [0.3, 0.4) is 0 Å². The molecule has 0 bridgehead atoms. The quantitative estimate of drug-likeness (QED) is 0.928. The van der Waals surface area contributed by atoms with Gasteiger partial charge in [0.25, 0.3) is 0 Å². The number of nitrogens with zero attached hydrogens (tertiary/aromatic N) is 3. The van der Waals surface area contributed by atoms with Gasteiger partial charge in [-0.05, 0) is 30.5 Å². The zero-order valence-electron chi connectivity index (χ0n) is 11.8. The molecule has 1 unspecified atom stereocenters. The molecule has 0 aliphatic carbocycles. The van der Waals surface area contributed by atoms with E-state index < -0.39 is 11.9 Å². The van der Waals surface area contributed by atoms with E-state index >= 15 is 0 Å². The number of ether oxygens (including phenoxy) is 1. The van der Waals surface area contributed by atoms with Gasteiger partial charge in [-0.3, -0.25) is 4.79 Å². The zero-order chi connectivity index (χ0) is 14.8. The van der Waals surface area contributed by atoms with Crippen LogP contribution in [-0.4, -0.2) is 33.0 Å². The van der Waals surface area contributed by atoms with Crippen LogP contribution in [0.4, 0.5) is 0 Å². The number of carboxylic acids is 1. The molecule has 21 heavy (non-hydrogen) atoms. The van der Waals surface area contributed by atoms with E-state index in [4.69, 9.17) is 4.74 Å². The molecule has 0 radical (unpaired) electrons. The van der Waals surface area contributed by atoms with Gasteiger partial charge in [-0.2, -0.15) is 0 Å². The van der Waals surface area contributed by atoms with Crippen LogP contribution in [0.15, 0.2) is 24.3 Å². The van der Waals surface area contributed by atoms with Crippen molar-refractivity contribution in [2.75, 3.05) is 7.11 Å². The molecule has 110 valence electrons. The summed E-state index contributed by atoms with van der Waals surface area (Å²) in [6.07, 6.45) is 2.12. The Morgan fingerprint density at radius 2 is 2.14 bits per heavy atom. The Labute approximate surface area is 122 Å². The van der Waals surface area contributed by atoms with E-state index in [1.54, 1.807) is 7.11 Å². The molecule has 0 saturated carbocycles. The Hall–Kier alpha value is -2.37. The van der Waals surface area contributed by atoms with Gasteiger partial charge in [0.15, 0.2) is 0 Å². The van der Waals surface area contributed by atoms with Gasteiger partial charge in [-0.15, -0.1) is 10.2 Å². The van der Waals surface area contributed by atoms with Gasteiger partial charge in [0.2, 0.25) is 0 Å². The fourth-order valence-electron chi connectivity index (χ4n) is 2.72. The van der Waals surface area contributed by atoms with E-state index in [1.807, 2.05) is 28.8 Å². The lowest BCUT2D eigenvalue weighted by Crippen LogP contribution is -2.23. The monoisotopic (exact) mass is 287 g/mol. The third-order valence-corrected chi connectivity index (χ3v) is 3.86. The fraction of sp³-hybridized carbons (Fsp3) is 0.400. The molecule has 1 aromatic carbocycles. The molecule has 1 aliphatic heterocycles. The predicted molar refractivity (Wildman–Crippen MR) is 75.4 cm³/mol.